The van der Waals surface area contributed by atoms with Crippen molar-refractivity contribution in [3.8, 4) is 0 Å². The number of carbonyl (C=O) groups excluding carboxylic acids is 1. The summed E-state index contributed by atoms with van der Waals surface area (Å²) in [6.45, 7) is 4.57. The van der Waals surface area contributed by atoms with Gasteiger partial charge in [0.25, 0.3) is 0 Å². The molecule has 0 spiro atoms. The second-order valence-corrected chi connectivity index (χ2v) is 4.14. The van der Waals surface area contributed by atoms with Crippen LogP contribution in [-0.2, 0) is 14.3 Å². The van der Waals surface area contributed by atoms with Crippen molar-refractivity contribution < 1.29 is 14.3 Å². The average molecular weight is 230 g/mol. The zero-order valence-corrected chi connectivity index (χ0v) is 9.96. The molecule has 0 atom stereocenters. The van der Waals surface area contributed by atoms with Crippen LogP contribution in [-0.4, -0.2) is 44.4 Å². The molecular formula is C11H22N2O3. The van der Waals surface area contributed by atoms with Gasteiger partial charge >= 0.3 is 0 Å². The minimum atomic E-state index is -0.359. The number of nitrogens with two attached hydrogens (primary N) is 1. The number of hydrogen-bond donors (Lipinski definition) is 2. The van der Waals surface area contributed by atoms with Gasteiger partial charge in [-0.25, -0.2) is 0 Å². The molecule has 1 heterocycles. The van der Waals surface area contributed by atoms with E-state index >= 15 is 0 Å². The minimum absolute atomic E-state index is 0.0684. The molecule has 0 aromatic rings. The van der Waals surface area contributed by atoms with Crippen molar-refractivity contribution >= 4 is 5.91 Å². The molecule has 16 heavy (non-hydrogen) atoms. The molecular weight excluding hydrogens is 208 g/mol. The third kappa shape index (κ3) is 4.08. The third-order valence-electron chi connectivity index (χ3n) is 2.86. The lowest BCUT2D eigenvalue weighted by molar-refractivity contribution is -0.141. The largest absolute Gasteiger partial charge is 0.381 e. The Labute approximate surface area is 96.7 Å². The molecule has 0 aromatic carbocycles. The van der Waals surface area contributed by atoms with Gasteiger partial charge in [-0.3, -0.25) is 4.79 Å². The van der Waals surface area contributed by atoms with Gasteiger partial charge in [0.15, 0.2) is 0 Å². The molecule has 0 aromatic heterocycles. The summed E-state index contributed by atoms with van der Waals surface area (Å²) < 4.78 is 10.9. The van der Waals surface area contributed by atoms with Crippen molar-refractivity contribution in [3.05, 3.63) is 0 Å². The molecule has 1 aliphatic heterocycles. The van der Waals surface area contributed by atoms with Gasteiger partial charge in [-0.05, 0) is 6.42 Å². The van der Waals surface area contributed by atoms with E-state index in [0.29, 0.717) is 26.3 Å². The lowest BCUT2D eigenvalue weighted by Gasteiger charge is -2.35. The van der Waals surface area contributed by atoms with Crippen LogP contribution >= 0.6 is 0 Å². The monoisotopic (exact) mass is 230 g/mol. The van der Waals surface area contributed by atoms with Crippen LogP contribution in [0, 0.1) is 0 Å². The number of nitrogens with one attached hydrogen (secondary N) is 1. The van der Waals surface area contributed by atoms with E-state index in [1.165, 1.54) is 0 Å². The number of rotatable bonds is 6. The number of hydrogen-bond acceptors (Lipinski definition) is 4. The summed E-state index contributed by atoms with van der Waals surface area (Å²) in [6.07, 6.45) is 2.47. The molecule has 5 nitrogen and oxygen atoms in total. The van der Waals surface area contributed by atoms with Crippen LogP contribution in [0.3, 0.4) is 0 Å². The summed E-state index contributed by atoms with van der Waals surface area (Å²) in [7, 11) is 0. The van der Waals surface area contributed by atoms with Gasteiger partial charge in [0.2, 0.25) is 5.91 Å². The first-order valence-electron chi connectivity index (χ1n) is 5.91. The second-order valence-electron chi connectivity index (χ2n) is 4.14. The standard InChI is InChI=1S/C11H22N2O3/c1-2-5-13-10(14)8-16-11(9-12)3-6-15-7-4-11/h2-9,12H2,1H3,(H,13,14). The van der Waals surface area contributed by atoms with Gasteiger partial charge < -0.3 is 20.5 Å². The molecule has 0 saturated carbocycles. The Morgan fingerprint density at radius 3 is 2.75 bits per heavy atom. The highest BCUT2D eigenvalue weighted by atomic mass is 16.5. The molecule has 1 aliphatic rings. The summed E-state index contributed by atoms with van der Waals surface area (Å²) in [5.41, 5.74) is 5.35. The highest BCUT2D eigenvalue weighted by molar-refractivity contribution is 5.77. The fourth-order valence-corrected chi connectivity index (χ4v) is 1.68. The molecule has 0 aliphatic carbocycles. The highest BCUT2D eigenvalue weighted by Gasteiger charge is 2.32. The first-order chi connectivity index (χ1) is 7.72. The van der Waals surface area contributed by atoms with Crippen LogP contribution in [0.2, 0.25) is 0 Å². The zero-order valence-electron chi connectivity index (χ0n) is 9.96. The highest BCUT2D eigenvalue weighted by Crippen LogP contribution is 2.23. The molecule has 5 heteroatoms. The Balaban J connectivity index is 2.30. The van der Waals surface area contributed by atoms with Crippen LogP contribution in [0.15, 0.2) is 0 Å². The van der Waals surface area contributed by atoms with Crippen LogP contribution in [0.25, 0.3) is 0 Å². The summed E-state index contributed by atoms with van der Waals surface area (Å²) in [4.78, 5) is 11.4. The van der Waals surface area contributed by atoms with E-state index in [0.717, 1.165) is 19.3 Å². The Kier molecular flexibility index (Phi) is 5.73. The Morgan fingerprint density at radius 1 is 1.50 bits per heavy atom. The maximum absolute atomic E-state index is 11.4. The molecule has 1 amide bonds. The third-order valence-corrected chi connectivity index (χ3v) is 2.86. The van der Waals surface area contributed by atoms with Gasteiger partial charge in [0.05, 0.1) is 5.60 Å². The SMILES string of the molecule is CCCNC(=O)COC1(CN)CCOCC1. The topological polar surface area (TPSA) is 73.6 Å². The van der Waals surface area contributed by atoms with Crippen molar-refractivity contribution in [2.45, 2.75) is 31.8 Å². The van der Waals surface area contributed by atoms with Crippen LogP contribution in [0.1, 0.15) is 26.2 Å². The molecule has 0 radical (unpaired) electrons. The van der Waals surface area contributed by atoms with Crippen molar-refractivity contribution in [2.24, 2.45) is 5.73 Å². The van der Waals surface area contributed by atoms with Crippen LogP contribution in [0.5, 0.6) is 0 Å². The summed E-state index contributed by atoms with van der Waals surface area (Å²) in [6, 6.07) is 0. The Bertz CT molecular complexity index is 215. The van der Waals surface area contributed by atoms with Gasteiger partial charge in [0, 0.05) is 39.1 Å². The smallest absolute Gasteiger partial charge is 0.246 e. The summed E-state index contributed by atoms with van der Waals surface area (Å²) in [5, 5.41) is 2.78. The Morgan fingerprint density at radius 2 is 2.19 bits per heavy atom. The predicted octanol–water partition coefficient (Wildman–Crippen LogP) is 0.0371. The van der Waals surface area contributed by atoms with E-state index in [4.69, 9.17) is 15.2 Å². The minimum Gasteiger partial charge on any atom is -0.381 e. The predicted molar refractivity (Wildman–Crippen MR) is 61.1 cm³/mol. The molecule has 0 unspecified atom stereocenters. The lowest BCUT2D eigenvalue weighted by Crippen LogP contribution is -2.47. The van der Waals surface area contributed by atoms with Crippen molar-refractivity contribution in [1.29, 1.82) is 0 Å². The second kappa shape index (κ2) is 6.83. The van der Waals surface area contributed by atoms with E-state index in [1.54, 1.807) is 0 Å². The zero-order chi connectivity index (χ0) is 11.9. The van der Waals surface area contributed by atoms with Gasteiger partial charge in [-0.15, -0.1) is 0 Å². The van der Waals surface area contributed by atoms with Gasteiger partial charge in [-0.2, -0.15) is 0 Å². The average Bonchev–Trinajstić information content (AvgIpc) is 2.35. The number of ether oxygens (including phenoxy) is 2. The van der Waals surface area contributed by atoms with Crippen LogP contribution < -0.4 is 11.1 Å². The van der Waals surface area contributed by atoms with E-state index in [-0.39, 0.29) is 18.1 Å². The lowest BCUT2D eigenvalue weighted by atomic mass is 9.94. The maximum atomic E-state index is 11.4. The Hall–Kier alpha value is -0.650. The molecule has 0 bridgehead atoms. The quantitative estimate of drug-likeness (QED) is 0.675. The van der Waals surface area contributed by atoms with E-state index < -0.39 is 0 Å². The van der Waals surface area contributed by atoms with Crippen molar-refractivity contribution in [1.82, 2.24) is 5.32 Å². The summed E-state index contributed by atoms with van der Waals surface area (Å²) in [5.74, 6) is -0.0684. The van der Waals surface area contributed by atoms with Gasteiger partial charge in [-0.1, -0.05) is 6.92 Å². The van der Waals surface area contributed by atoms with E-state index in [1.807, 2.05) is 6.92 Å². The van der Waals surface area contributed by atoms with E-state index in [2.05, 4.69) is 5.32 Å². The number of carbonyl (C=O) groups is 1. The molecule has 1 saturated heterocycles. The normalized spacial score (nSPS) is 19.4. The van der Waals surface area contributed by atoms with E-state index in [9.17, 15) is 4.79 Å². The van der Waals surface area contributed by atoms with Crippen LogP contribution in [0.4, 0.5) is 0 Å². The van der Waals surface area contributed by atoms with Crippen molar-refractivity contribution in [3.63, 3.8) is 0 Å². The molecule has 3 N–H and O–H groups in total. The summed E-state index contributed by atoms with van der Waals surface area (Å²) >= 11 is 0. The number of amides is 1. The maximum Gasteiger partial charge on any atom is 0.246 e. The molecule has 1 fully saturated rings. The first kappa shape index (κ1) is 13.4. The first-order valence-corrected chi connectivity index (χ1v) is 5.91. The fraction of sp³-hybridized carbons (Fsp3) is 0.909. The van der Waals surface area contributed by atoms with Crippen molar-refractivity contribution in [2.75, 3.05) is 32.9 Å². The molecule has 1 rings (SSSR count). The fourth-order valence-electron chi connectivity index (χ4n) is 1.68. The van der Waals surface area contributed by atoms with Gasteiger partial charge in [0.1, 0.15) is 6.61 Å². The molecule has 94 valence electrons.